The normalized spacial score (nSPS) is 17.1. The van der Waals surface area contributed by atoms with E-state index in [0.29, 0.717) is 11.1 Å². The molecule has 0 aromatic rings. The molecule has 1 rings (SSSR count). The van der Waals surface area contributed by atoms with Crippen molar-refractivity contribution in [1.82, 2.24) is 4.90 Å². The number of allylic oxidation sites excluding steroid dienone is 1. The van der Waals surface area contributed by atoms with E-state index in [1.54, 1.807) is 14.1 Å². The van der Waals surface area contributed by atoms with Crippen molar-refractivity contribution in [2.45, 2.75) is 25.7 Å². The van der Waals surface area contributed by atoms with E-state index in [9.17, 15) is 9.59 Å². The van der Waals surface area contributed by atoms with E-state index in [1.807, 2.05) is 0 Å². The van der Waals surface area contributed by atoms with Crippen LogP contribution in [0.4, 0.5) is 0 Å². The van der Waals surface area contributed by atoms with Crippen molar-refractivity contribution in [1.29, 1.82) is 0 Å². The molecule has 0 heterocycles. The first-order chi connectivity index (χ1) is 6.16. The summed E-state index contributed by atoms with van der Waals surface area (Å²) in [4.78, 5) is 23.8. The molecule has 0 aromatic carbocycles. The summed E-state index contributed by atoms with van der Waals surface area (Å²) in [6.45, 7) is 0. The van der Waals surface area contributed by atoms with Crippen LogP contribution in [-0.4, -0.2) is 31.2 Å². The fraction of sp³-hybridized carbons (Fsp3) is 0.600. The van der Waals surface area contributed by atoms with Crippen molar-refractivity contribution in [3.8, 4) is 0 Å². The highest BCUT2D eigenvalue weighted by molar-refractivity contribution is 5.98. The molecule has 72 valence electrons. The zero-order chi connectivity index (χ0) is 9.84. The molecule has 0 bridgehead atoms. The number of hydrogen-bond acceptors (Lipinski definition) is 2. The van der Waals surface area contributed by atoms with E-state index >= 15 is 0 Å². The van der Waals surface area contributed by atoms with Crippen molar-refractivity contribution in [3.63, 3.8) is 0 Å². The Morgan fingerprint density at radius 3 is 2.46 bits per heavy atom. The Bertz CT molecular complexity index is 254. The first-order valence-corrected chi connectivity index (χ1v) is 4.55. The lowest BCUT2D eigenvalue weighted by molar-refractivity contribution is -0.125. The maximum atomic E-state index is 11.6. The second-order valence-corrected chi connectivity index (χ2v) is 3.53. The highest BCUT2D eigenvalue weighted by Gasteiger charge is 2.19. The van der Waals surface area contributed by atoms with Crippen molar-refractivity contribution in [2.24, 2.45) is 0 Å². The topological polar surface area (TPSA) is 37.4 Å². The van der Waals surface area contributed by atoms with Crippen LogP contribution in [0.3, 0.4) is 0 Å². The molecule has 13 heavy (non-hydrogen) atoms. The van der Waals surface area contributed by atoms with Gasteiger partial charge in [-0.3, -0.25) is 9.59 Å². The van der Waals surface area contributed by atoms with Gasteiger partial charge in [0.05, 0.1) is 0 Å². The molecule has 3 heteroatoms. The summed E-state index contributed by atoms with van der Waals surface area (Å²) in [7, 11) is 3.43. The fourth-order valence-corrected chi connectivity index (χ4v) is 1.57. The lowest BCUT2D eigenvalue weighted by Gasteiger charge is -2.19. The van der Waals surface area contributed by atoms with Crippen LogP contribution < -0.4 is 0 Å². The Morgan fingerprint density at radius 2 is 1.92 bits per heavy atom. The summed E-state index contributed by atoms with van der Waals surface area (Å²) in [6, 6.07) is 0. The molecule has 0 aromatic heterocycles. The van der Waals surface area contributed by atoms with Gasteiger partial charge in [0.25, 0.3) is 0 Å². The van der Waals surface area contributed by atoms with Gasteiger partial charge in [0.2, 0.25) is 5.91 Å². The third-order valence-electron chi connectivity index (χ3n) is 2.32. The maximum Gasteiger partial charge on any atom is 0.249 e. The van der Waals surface area contributed by atoms with E-state index in [1.165, 1.54) is 4.90 Å². The van der Waals surface area contributed by atoms with Gasteiger partial charge in [-0.1, -0.05) is 0 Å². The molecule has 0 unspecified atom stereocenters. The van der Waals surface area contributed by atoms with E-state index in [0.717, 1.165) is 32.0 Å². The predicted octanol–water partition coefficient (Wildman–Crippen LogP) is 1.14. The Kier molecular flexibility index (Phi) is 3.23. The highest BCUT2D eigenvalue weighted by atomic mass is 16.2. The second kappa shape index (κ2) is 4.21. The van der Waals surface area contributed by atoms with Crippen molar-refractivity contribution in [3.05, 3.63) is 11.1 Å². The van der Waals surface area contributed by atoms with Gasteiger partial charge in [-0.15, -0.1) is 0 Å². The quantitative estimate of drug-likeness (QED) is 0.599. The van der Waals surface area contributed by atoms with Gasteiger partial charge in [0.15, 0.2) is 0 Å². The number of likely N-dealkylation sites (N-methyl/N-ethyl adjacent to an activating group) is 1. The molecule has 1 amide bonds. The summed E-state index contributed by atoms with van der Waals surface area (Å²) in [5, 5.41) is 0. The van der Waals surface area contributed by atoms with Gasteiger partial charge in [0, 0.05) is 25.2 Å². The average molecular weight is 181 g/mol. The zero-order valence-electron chi connectivity index (χ0n) is 8.17. The fourth-order valence-electron chi connectivity index (χ4n) is 1.57. The average Bonchev–Trinajstić information content (AvgIpc) is 2.16. The number of carbonyl (C=O) groups excluding carboxylic acids is 2. The van der Waals surface area contributed by atoms with Crippen LogP contribution in [0.25, 0.3) is 0 Å². The Morgan fingerprint density at radius 1 is 1.31 bits per heavy atom. The zero-order valence-corrected chi connectivity index (χ0v) is 8.17. The molecule has 1 aliphatic rings. The SMILES string of the molecule is CN(C)C(=O)C1=C(C=O)CCCC1. The van der Waals surface area contributed by atoms with E-state index < -0.39 is 0 Å². The van der Waals surface area contributed by atoms with Crippen LogP contribution in [0.2, 0.25) is 0 Å². The molecular formula is C10H15NO2. The third kappa shape index (κ3) is 2.17. The number of nitrogens with zero attached hydrogens (tertiary/aromatic N) is 1. The van der Waals surface area contributed by atoms with Gasteiger partial charge in [-0.05, 0) is 25.7 Å². The Balaban J connectivity index is 2.90. The monoisotopic (exact) mass is 181 g/mol. The van der Waals surface area contributed by atoms with E-state index in [4.69, 9.17) is 0 Å². The molecule has 0 radical (unpaired) electrons. The van der Waals surface area contributed by atoms with Gasteiger partial charge >= 0.3 is 0 Å². The minimum absolute atomic E-state index is 0.0122. The number of hydrogen-bond donors (Lipinski definition) is 0. The lowest BCUT2D eigenvalue weighted by Crippen LogP contribution is -2.25. The van der Waals surface area contributed by atoms with Gasteiger partial charge in [-0.2, -0.15) is 0 Å². The smallest absolute Gasteiger partial charge is 0.249 e. The molecule has 0 fully saturated rings. The first kappa shape index (κ1) is 9.96. The van der Waals surface area contributed by atoms with Crippen molar-refractivity contribution < 1.29 is 9.59 Å². The van der Waals surface area contributed by atoms with E-state index in [-0.39, 0.29) is 5.91 Å². The second-order valence-electron chi connectivity index (χ2n) is 3.53. The number of rotatable bonds is 2. The summed E-state index contributed by atoms with van der Waals surface area (Å²) in [5.74, 6) is -0.0122. The van der Waals surface area contributed by atoms with Gasteiger partial charge < -0.3 is 4.90 Å². The minimum atomic E-state index is -0.0122. The Hall–Kier alpha value is -1.12. The molecule has 0 saturated heterocycles. The predicted molar refractivity (Wildman–Crippen MR) is 50.3 cm³/mol. The molecule has 1 aliphatic carbocycles. The maximum absolute atomic E-state index is 11.6. The van der Waals surface area contributed by atoms with E-state index in [2.05, 4.69) is 0 Å². The molecule has 0 aliphatic heterocycles. The molecular weight excluding hydrogens is 166 g/mol. The minimum Gasteiger partial charge on any atom is -0.345 e. The van der Waals surface area contributed by atoms with Crippen LogP contribution >= 0.6 is 0 Å². The summed E-state index contributed by atoms with van der Waals surface area (Å²) in [6.07, 6.45) is 4.39. The van der Waals surface area contributed by atoms with Gasteiger partial charge in [0.1, 0.15) is 6.29 Å². The number of carbonyl (C=O) groups is 2. The van der Waals surface area contributed by atoms with Crippen molar-refractivity contribution in [2.75, 3.05) is 14.1 Å². The number of aldehydes is 1. The first-order valence-electron chi connectivity index (χ1n) is 4.55. The highest BCUT2D eigenvalue weighted by Crippen LogP contribution is 2.24. The van der Waals surface area contributed by atoms with Crippen LogP contribution in [0.15, 0.2) is 11.1 Å². The molecule has 0 saturated carbocycles. The van der Waals surface area contributed by atoms with Crippen LogP contribution in [-0.2, 0) is 9.59 Å². The van der Waals surface area contributed by atoms with Crippen LogP contribution in [0, 0.1) is 0 Å². The molecule has 3 nitrogen and oxygen atoms in total. The van der Waals surface area contributed by atoms with Gasteiger partial charge in [-0.25, -0.2) is 0 Å². The van der Waals surface area contributed by atoms with Crippen LogP contribution in [0.5, 0.6) is 0 Å². The number of amides is 1. The molecule has 0 spiro atoms. The molecule has 0 atom stereocenters. The summed E-state index contributed by atoms with van der Waals surface area (Å²) in [5.41, 5.74) is 1.41. The summed E-state index contributed by atoms with van der Waals surface area (Å²) < 4.78 is 0. The lowest BCUT2D eigenvalue weighted by atomic mass is 9.92. The van der Waals surface area contributed by atoms with Crippen LogP contribution in [0.1, 0.15) is 25.7 Å². The Labute approximate surface area is 78.4 Å². The van der Waals surface area contributed by atoms with Crippen molar-refractivity contribution >= 4 is 12.2 Å². The largest absolute Gasteiger partial charge is 0.345 e. The molecule has 0 N–H and O–H groups in total. The third-order valence-corrected chi connectivity index (χ3v) is 2.32. The standard InChI is InChI=1S/C10H15NO2/c1-11(2)10(13)9-6-4-3-5-8(9)7-12/h7H,3-6H2,1-2H3. The summed E-state index contributed by atoms with van der Waals surface area (Å²) >= 11 is 0.